The Balaban J connectivity index is 5.40. The number of phosphoric ester groups is 1. The second-order valence-corrected chi connectivity index (χ2v) is 21.9. The van der Waals surface area contributed by atoms with Gasteiger partial charge in [0.2, 0.25) is 5.91 Å². The summed E-state index contributed by atoms with van der Waals surface area (Å²) in [6.07, 6.45) is 76.0. The number of unbranched alkanes of at least 4 members (excludes halogenated alkanes) is 15. The molecule has 0 aliphatic rings. The molecule has 0 rings (SSSR count). The van der Waals surface area contributed by atoms with E-state index in [-0.39, 0.29) is 37.9 Å². The number of phosphoric acid groups is 1. The van der Waals surface area contributed by atoms with Crippen molar-refractivity contribution in [2.45, 2.75) is 226 Å². The molecule has 0 bridgehead atoms. The van der Waals surface area contributed by atoms with Gasteiger partial charge in [0.05, 0.1) is 33.8 Å². The number of esters is 1. The molecule has 0 spiro atoms. The van der Waals surface area contributed by atoms with Gasteiger partial charge in [-0.2, -0.15) is 0 Å². The first-order valence-corrected chi connectivity index (χ1v) is 31.0. The number of quaternary nitrogens is 1. The Hall–Kier alpha value is -3.85. The van der Waals surface area contributed by atoms with Crippen molar-refractivity contribution < 1.29 is 37.3 Å². The van der Waals surface area contributed by atoms with Crippen molar-refractivity contribution in [3.8, 4) is 0 Å². The molecule has 0 aliphatic carbocycles. The van der Waals surface area contributed by atoms with Gasteiger partial charge in [-0.25, -0.2) is 4.57 Å². The third kappa shape index (κ3) is 54.7. The van der Waals surface area contributed by atoms with E-state index in [1.54, 1.807) is 0 Å². The van der Waals surface area contributed by atoms with Crippen LogP contribution in [0.1, 0.15) is 213 Å². The van der Waals surface area contributed by atoms with Crippen molar-refractivity contribution in [2.24, 2.45) is 0 Å². The first kappa shape index (κ1) is 71.2. The first-order chi connectivity index (χ1) is 36.4. The number of hydrogen-bond acceptors (Lipinski definition) is 6. The molecule has 0 heterocycles. The topological polar surface area (TPSA) is 111 Å². The van der Waals surface area contributed by atoms with Crippen LogP contribution >= 0.6 is 7.82 Å². The van der Waals surface area contributed by atoms with Gasteiger partial charge in [-0.1, -0.05) is 219 Å². The van der Waals surface area contributed by atoms with Crippen LogP contribution in [0.4, 0.5) is 0 Å². The van der Waals surface area contributed by atoms with E-state index >= 15 is 0 Å². The van der Waals surface area contributed by atoms with E-state index in [0.717, 1.165) is 122 Å². The molecule has 1 amide bonds. The van der Waals surface area contributed by atoms with Gasteiger partial charge in [-0.3, -0.25) is 18.6 Å². The highest BCUT2D eigenvalue weighted by Crippen LogP contribution is 2.43. The molecule has 3 unspecified atom stereocenters. The summed E-state index contributed by atoms with van der Waals surface area (Å²) in [5.41, 5.74) is 0. The van der Waals surface area contributed by atoms with Crippen molar-refractivity contribution in [3.63, 3.8) is 0 Å². The SMILES string of the molecule is CC/C=C\C/C=C\C/C=C\C/C=C\C/C=C\CCCCCCCC(=O)OC(/C=C/CCCCCCCCCCC)C(COP(=O)(O)OCC[N+](C)(C)C)NC(=O)CCC/C=C\C/C=C\C/C=C\C/C=C\C/C=C\CC. The van der Waals surface area contributed by atoms with Crippen LogP contribution < -0.4 is 5.32 Å². The zero-order valence-electron chi connectivity index (χ0n) is 48.5. The lowest BCUT2D eigenvalue weighted by Crippen LogP contribution is -2.47. The van der Waals surface area contributed by atoms with E-state index in [0.29, 0.717) is 23.9 Å². The summed E-state index contributed by atoms with van der Waals surface area (Å²) in [7, 11) is 1.42. The first-order valence-electron chi connectivity index (χ1n) is 29.5. The van der Waals surface area contributed by atoms with Gasteiger partial charge >= 0.3 is 13.8 Å². The Morgan fingerprint density at radius 1 is 0.480 bits per heavy atom. The van der Waals surface area contributed by atoms with Crippen molar-refractivity contribution in [1.29, 1.82) is 0 Å². The minimum atomic E-state index is -4.48. The number of carbonyl (C=O) groups is 2. The van der Waals surface area contributed by atoms with Gasteiger partial charge in [-0.15, -0.1) is 0 Å². The van der Waals surface area contributed by atoms with Gasteiger partial charge in [-0.05, 0) is 115 Å². The zero-order chi connectivity index (χ0) is 55.0. The van der Waals surface area contributed by atoms with Gasteiger partial charge in [0, 0.05) is 12.8 Å². The fraction of sp³-hybridized carbons (Fsp3) is 0.631. The molecule has 0 aliphatic heterocycles. The molecule has 0 aromatic heterocycles. The van der Waals surface area contributed by atoms with Gasteiger partial charge in [0.15, 0.2) is 0 Å². The molecule has 426 valence electrons. The maximum absolute atomic E-state index is 13.5. The monoisotopic (exact) mass is 1060 g/mol. The highest BCUT2D eigenvalue weighted by Gasteiger charge is 2.30. The predicted octanol–water partition coefficient (Wildman–Crippen LogP) is 18.1. The molecule has 3 atom stereocenters. The van der Waals surface area contributed by atoms with E-state index in [2.05, 4.69) is 148 Å². The maximum Gasteiger partial charge on any atom is 0.472 e. The standard InChI is InChI=1S/C65H109N2O7P/c1-7-10-13-16-19-22-25-27-29-31-32-33-34-36-38-40-43-46-49-52-55-58-65(69)74-63(56-53-50-47-44-41-24-21-18-15-12-9-3)62(61-73-75(70,71)72-60-59-67(4,5)6)66-64(68)57-54-51-48-45-42-39-37-35-30-28-26-23-20-17-14-11-8-2/h10-11,13-14,19-20,22-23,27-30,32-33,36-39,45,48,53,56,62-63H,7-9,12,15-18,21,24-26,31,34-35,40-44,46-47,49-52,54-55,57-61H2,1-6H3,(H-,66,68,70,71)/p+1/b13-10-,14-11-,22-19-,23-20-,29-27-,30-28-,33-32-,38-36-,39-37-,48-45-,56-53+. The fourth-order valence-corrected chi connectivity index (χ4v) is 8.32. The third-order valence-corrected chi connectivity index (χ3v) is 13.1. The number of ether oxygens (including phenoxy) is 1. The number of nitrogens with zero attached hydrogens (tertiary/aromatic N) is 1. The highest BCUT2D eigenvalue weighted by molar-refractivity contribution is 7.47. The molecule has 10 heteroatoms. The summed E-state index contributed by atoms with van der Waals surface area (Å²) in [5, 5.41) is 3.00. The molecule has 0 aromatic rings. The normalized spacial score (nSPS) is 14.7. The van der Waals surface area contributed by atoms with Crippen molar-refractivity contribution in [3.05, 3.63) is 134 Å². The lowest BCUT2D eigenvalue weighted by molar-refractivity contribution is -0.870. The second kappa shape index (κ2) is 53.5. The minimum Gasteiger partial charge on any atom is -0.456 e. The fourth-order valence-electron chi connectivity index (χ4n) is 7.59. The number of rotatable bonds is 51. The highest BCUT2D eigenvalue weighted by atomic mass is 31.2. The lowest BCUT2D eigenvalue weighted by atomic mass is 10.1. The van der Waals surface area contributed by atoms with E-state index < -0.39 is 20.0 Å². The number of likely N-dealkylation sites (N-methyl/N-ethyl adjacent to an activating group) is 1. The Bertz CT molecular complexity index is 1740. The number of nitrogens with one attached hydrogen (secondary N) is 1. The number of carbonyl (C=O) groups excluding carboxylic acids is 2. The molecule has 75 heavy (non-hydrogen) atoms. The van der Waals surface area contributed by atoms with Crippen LogP contribution in [0.15, 0.2) is 134 Å². The number of allylic oxidation sites excluding steroid dienone is 21. The molecule has 0 aromatic carbocycles. The average Bonchev–Trinajstić information content (AvgIpc) is 3.37. The van der Waals surface area contributed by atoms with Crippen LogP contribution in [0.25, 0.3) is 0 Å². The summed E-state index contributed by atoms with van der Waals surface area (Å²) in [6.45, 7) is 6.69. The molecule has 0 radical (unpaired) electrons. The van der Waals surface area contributed by atoms with Crippen LogP contribution in [-0.2, 0) is 27.9 Å². The van der Waals surface area contributed by atoms with E-state index in [9.17, 15) is 19.0 Å². The summed E-state index contributed by atoms with van der Waals surface area (Å²) < 4.78 is 30.6. The molecule has 0 saturated carbocycles. The summed E-state index contributed by atoms with van der Waals surface area (Å²) in [4.78, 5) is 37.6. The van der Waals surface area contributed by atoms with Gasteiger partial charge in [0.25, 0.3) is 0 Å². The predicted molar refractivity (Wildman–Crippen MR) is 323 cm³/mol. The van der Waals surface area contributed by atoms with E-state index in [1.807, 2.05) is 33.3 Å². The zero-order valence-corrected chi connectivity index (χ0v) is 49.4. The summed E-state index contributed by atoms with van der Waals surface area (Å²) >= 11 is 0. The maximum atomic E-state index is 13.5. The molecule has 0 fully saturated rings. The van der Waals surface area contributed by atoms with Crippen molar-refractivity contribution in [1.82, 2.24) is 5.32 Å². The molecular formula is C65H110N2O7P+. The van der Waals surface area contributed by atoms with E-state index in [1.165, 1.54) is 44.9 Å². The smallest absolute Gasteiger partial charge is 0.456 e. The summed E-state index contributed by atoms with van der Waals surface area (Å²) in [5.74, 6) is -0.608. The Morgan fingerprint density at radius 2 is 0.867 bits per heavy atom. The average molecular weight is 1060 g/mol. The van der Waals surface area contributed by atoms with Gasteiger partial charge < -0.3 is 19.4 Å². The molecule has 0 saturated heterocycles. The van der Waals surface area contributed by atoms with Crippen molar-refractivity contribution in [2.75, 3.05) is 40.9 Å². The number of hydrogen-bond donors (Lipinski definition) is 2. The Labute approximate surface area is 460 Å². The quantitative estimate of drug-likeness (QED) is 0.0205. The van der Waals surface area contributed by atoms with Crippen LogP contribution in [0.5, 0.6) is 0 Å². The second-order valence-electron chi connectivity index (χ2n) is 20.4. The van der Waals surface area contributed by atoms with Crippen LogP contribution in [0.2, 0.25) is 0 Å². The van der Waals surface area contributed by atoms with Gasteiger partial charge in [0.1, 0.15) is 19.3 Å². The van der Waals surface area contributed by atoms with Crippen LogP contribution in [0, 0.1) is 0 Å². The number of amides is 1. The van der Waals surface area contributed by atoms with Crippen molar-refractivity contribution >= 4 is 19.7 Å². The third-order valence-electron chi connectivity index (χ3n) is 12.1. The molecule has 2 N–H and O–H groups in total. The van der Waals surface area contributed by atoms with E-state index in [4.69, 9.17) is 13.8 Å². The van der Waals surface area contributed by atoms with Crippen LogP contribution in [-0.4, -0.2) is 74.3 Å². The summed E-state index contributed by atoms with van der Waals surface area (Å²) in [6, 6.07) is -0.895. The molecule has 9 nitrogen and oxygen atoms in total. The minimum absolute atomic E-state index is 0.0184. The lowest BCUT2D eigenvalue weighted by Gasteiger charge is -2.27. The Kier molecular flexibility index (Phi) is 50.8. The largest absolute Gasteiger partial charge is 0.472 e. The van der Waals surface area contributed by atoms with Crippen LogP contribution in [0.3, 0.4) is 0 Å². The molecular weight excluding hydrogens is 952 g/mol. The Morgan fingerprint density at radius 3 is 1.31 bits per heavy atom.